The van der Waals surface area contributed by atoms with Gasteiger partial charge in [-0.3, -0.25) is 4.79 Å². The van der Waals surface area contributed by atoms with Crippen molar-refractivity contribution in [1.29, 1.82) is 0 Å². The van der Waals surface area contributed by atoms with Gasteiger partial charge in [-0.1, -0.05) is 6.92 Å². The van der Waals surface area contributed by atoms with Crippen LogP contribution >= 0.6 is 0 Å². The van der Waals surface area contributed by atoms with Crippen LogP contribution in [0.25, 0.3) is 0 Å². The molecule has 0 aromatic carbocycles. The SMILES string of the molecule is CCOC(=O)CCCN(CC)C1CC1. The van der Waals surface area contributed by atoms with Crippen molar-refractivity contribution in [2.75, 3.05) is 19.7 Å². The Bertz CT molecular complexity index is 178. The van der Waals surface area contributed by atoms with Gasteiger partial charge in [0.1, 0.15) is 0 Å². The van der Waals surface area contributed by atoms with Crippen LogP contribution in [0.15, 0.2) is 0 Å². The van der Waals surface area contributed by atoms with Gasteiger partial charge >= 0.3 is 5.97 Å². The summed E-state index contributed by atoms with van der Waals surface area (Å²) in [6, 6.07) is 0.808. The molecule has 1 aliphatic carbocycles. The van der Waals surface area contributed by atoms with Gasteiger partial charge in [-0.2, -0.15) is 0 Å². The van der Waals surface area contributed by atoms with E-state index in [0.29, 0.717) is 13.0 Å². The topological polar surface area (TPSA) is 29.5 Å². The fraction of sp³-hybridized carbons (Fsp3) is 0.909. The number of ether oxygens (including phenoxy) is 1. The zero-order valence-electron chi connectivity index (χ0n) is 9.29. The van der Waals surface area contributed by atoms with Crippen LogP contribution in [0.5, 0.6) is 0 Å². The first-order valence-electron chi connectivity index (χ1n) is 5.67. The molecular weight excluding hydrogens is 178 g/mol. The third-order valence-electron chi connectivity index (χ3n) is 2.60. The summed E-state index contributed by atoms with van der Waals surface area (Å²) in [5, 5.41) is 0. The van der Waals surface area contributed by atoms with Gasteiger partial charge in [0, 0.05) is 12.5 Å². The van der Waals surface area contributed by atoms with E-state index in [1.807, 2.05) is 6.92 Å². The zero-order valence-corrected chi connectivity index (χ0v) is 9.29. The second-order valence-electron chi connectivity index (χ2n) is 3.77. The van der Waals surface area contributed by atoms with Gasteiger partial charge in [-0.05, 0) is 39.3 Å². The highest BCUT2D eigenvalue weighted by Crippen LogP contribution is 2.26. The van der Waals surface area contributed by atoms with Gasteiger partial charge in [0.25, 0.3) is 0 Å². The maximum absolute atomic E-state index is 11.1. The van der Waals surface area contributed by atoms with Crippen LogP contribution in [0, 0.1) is 0 Å². The van der Waals surface area contributed by atoms with Gasteiger partial charge in [0.15, 0.2) is 0 Å². The van der Waals surface area contributed by atoms with E-state index in [-0.39, 0.29) is 5.97 Å². The van der Waals surface area contributed by atoms with E-state index in [9.17, 15) is 4.79 Å². The van der Waals surface area contributed by atoms with Gasteiger partial charge in [-0.15, -0.1) is 0 Å². The molecule has 0 amide bonds. The van der Waals surface area contributed by atoms with Crippen molar-refractivity contribution < 1.29 is 9.53 Å². The number of hydrogen-bond acceptors (Lipinski definition) is 3. The van der Waals surface area contributed by atoms with Crippen molar-refractivity contribution in [3.63, 3.8) is 0 Å². The molecule has 1 rings (SSSR count). The van der Waals surface area contributed by atoms with Crippen LogP contribution in [-0.4, -0.2) is 36.6 Å². The van der Waals surface area contributed by atoms with E-state index >= 15 is 0 Å². The summed E-state index contributed by atoms with van der Waals surface area (Å²) < 4.78 is 4.88. The smallest absolute Gasteiger partial charge is 0.305 e. The summed E-state index contributed by atoms with van der Waals surface area (Å²) in [7, 11) is 0. The highest BCUT2D eigenvalue weighted by atomic mass is 16.5. The molecule has 0 bridgehead atoms. The Morgan fingerprint density at radius 2 is 2.14 bits per heavy atom. The van der Waals surface area contributed by atoms with Gasteiger partial charge in [0.2, 0.25) is 0 Å². The lowest BCUT2D eigenvalue weighted by molar-refractivity contribution is -0.143. The fourth-order valence-electron chi connectivity index (χ4n) is 1.70. The lowest BCUT2D eigenvalue weighted by Gasteiger charge is -2.18. The van der Waals surface area contributed by atoms with E-state index in [0.717, 1.165) is 25.6 Å². The Labute approximate surface area is 86.4 Å². The van der Waals surface area contributed by atoms with E-state index < -0.39 is 0 Å². The summed E-state index contributed by atoms with van der Waals surface area (Å²) >= 11 is 0. The molecule has 1 fully saturated rings. The van der Waals surface area contributed by atoms with E-state index in [1.54, 1.807) is 0 Å². The highest BCUT2D eigenvalue weighted by Gasteiger charge is 2.27. The van der Waals surface area contributed by atoms with Crippen LogP contribution < -0.4 is 0 Å². The van der Waals surface area contributed by atoms with Crippen molar-refractivity contribution in [3.05, 3.63) is 0 Å². The van der Waals surface area contributed by atoms with Gasteiger partial charge < -0.3 is 9.64 Å². The van der Waals surface area contributed by atoms with Crippen molar-refractivity contribution >= 4 is 5.97 Å². The van der Waals surface area contributed by atoms with Crippen molar-refractivity contribution in [3.8, 4) is 0 Å². The maximum atomic E-state index is 11.1. The molecule has 0 radical (unpaired) electrons. The van der Waals surface area contributed by atoms with Crippen LogP contribution in [0.3, 0.4) is 0 Å². The molecule has 1 aliphatic rings. The largest absolute Gasteiger partial charge is 0.466 e. The number of carbonyl (C=O) groups excluding carboxylic acids is 1. The molecule has 0 unspecified atom stereocenters. The maximum Gasteiger partial charge on any atom is 0.305 e. The molecule has 0 atom stereocenters. The number of nitrogens with zero attached hydrogens (tertiary/aromatic N) is 1. The molecule has 3 heteroatoms. The number of carbonyl (C=O) groups is 1. The molecule has 0 heterocycles. The standard InChI is InChI=1S/C11H21NO2/c1-3-12(10-7-8-10)9-5-6-11(13)14-4-2/h10H,3-9H2,1-2H3. The van der Waals surface area contributed by atoms with E-state index in [1.165, 1.54) is 12.8 Å². The Hall–Kier alpha value is -0.570. The summed E-state index contributed by atoms with van der Waals surface area (Å²) in [6.07, 6.45) is 4.18. The monoisotopic (exact) mass is 199 g/mol. The molecule has 0 N–H and O–H groups in total. The molecule has 3 nitrogen and oxygen atoms in total. The van der Waals surface area contributed by atoms with Crippen LogP contribution in [0.1, 0.15) is 39.5 Å². The first-order valence-corrected chi connectivity index (χ1v) is 5.67. The third kappa shape index (κ3) is 4.09. The first kappa shape index (κ1) is 11.5. The van der Waals surface area contributed by atoms with E-state index in [4.69, 9.17) is 4.74 Å². The fourth-order valence-corrected chi connectivity index (χ4v) is 1.70. The highest BCUT2D eigenvalue weighted by molar-refractivity contribution is 5.69. The quantitative estimate of drug-likeness (QED) is 0.586. The third-order valence-corrected chi connectivity index (χ3v) is 2.60. The lowest BCUT2D eigenvalue weighted by Crippen LogP contribution is -2.27. The molecule has 0 spiro atoms. The zero-order chi connectivity index (χ0) is 10.4. The number of hydrogen-bond donors (Lipinski definition) is 0. The second-order valence-corrected chi connectivity index (χ2v) is 3.77. The second kappa shape index (κ2) is 6.02. The average molecular weight is 199 g/mol. The van der Waals surface area contributed by atoms with Gasteiger partial charge in [0.05, 0.1) is 6.61 Å². The molecule has 1 saturated carbocycles. The van der Waals surface area contributed by atoms with Gasteiger partial charge in [-0.25, -0.2) is 0 Å². The normalized spacial score (nSPS) is 15.9. The van der Waals surface area contributed by atoms with Crippen molar-refractivity contribution in [1.82, 2.24) is 4.90 Å². The minimum absolute atomic E-state index is 0.0562. The summed E-state index contributed by atoms with van der Waals surface area (Å²) in [6.45, 7) is 6.68. The van der Waals surface area contributed by atoms with Crippen LogP contribution in [0.2, 0.25) is 0 Å². The van der Waals surface area contributed by atoms with Crippen LogP contribution in [0.4, 0.5) is 0 Å². The minimum atomic E-state index is -0.0562. The molecule has 0 saturated heterocycles. The predicted molar refractivity (Wildman–Crippen MR) is 56.1 cm³/mol. The van der Waals surface area contributed by atoms with Crippen molar-refractivity contribution in [2.45, 2.75) is 45.6 Å². The predicted octanol–water partition coefficient (Wildman–Crippen LogP) is 1.81. The lowest BCUT2D eigenvalue weighted by atomic mass is 10.3. The molecule has 14 heavy (non-hydrogen) atoms. The minimum Gasteiger partial charge on any atom is -0.466 e. The average Bonchev–Trinajstić information content (AvgIpc) is 2.96. The summed E-state index contributed by atoms with van der Waals surface area (Å²) in [5.41, 5.74) is 0. The number of esters is 1. The number of rotatable bonds is 7. The first-order chi connectivity index (χ1) is 6.77. The van der Waals surface area contributed by atoms with Crippen LogP contribution in [-0.2, 0) is 9.53 Å². The summed E-state index contributed by atoms with van der Waals surface area (Å²) in [4.78, 5) is 13.5. The Kier molecular flexibility index (Phi) is 4.94. The molecule has 0 aliphatic heterocycles. The van der Waals surface area contributed by atoms with Crippen molar-refractivity contribution in [2.24, 2.45) is 0 Å². The molecule has 82 valence electrons. The summed E-state index contributed by atoms with van der Waals surface area (Å²) in [5.74, 6) is -0.0562. The molecule has 0 aromatic rings. The Balaban J connectivity index is 2.03. The molecule has 0 aromatic heterocycles. The van der Waals surface area contributed by atoms with E-state index in [2.05, 4.69) is 11.8 Å². The molecular formula is C11H21NO2. The Morgan fingerprint density at radius 1 is 1.43 bits per heavy atom. The Morgan fingerprint density at radius 3 is 2.64 bits per heavy atom.